The number of rotatable bonds is 1. The molecule has 1 amide bonds. The number of nitrogens with one attached hydrogen (secondary N) is 1. The zero-order valence-corrected chi connectivity index (χ0v) is 10.1. The van der Waals surface area contributed by atoms with Gasteiger partial charge in [-0.3, -0.25) is 4.79 Å². The quantitative estimate of drug-likeness (QED) is 0.847. The van der Waals surface area contributed by atoms with Gasteiger partial charge in [-0.1, -0.05) is 0 Å². The molecule has 2 aromatic rings. The van der Waals surface area contributed by atoms with Gasteiger partial charge < -0.3 is 9.88 Å². The Labute approximate surface area is 96.2 Å². The lowest BCUT2D eigenvalue weighted by Crippen LogP contribution is -2.21. The lowest BCUT2D eigenvalue weighted by atomic mass is 10.1. The van der Waals surface area contributed by atoms with Crippen molar-refractivity contribution in [2.75, 3.05) is 14.1 Å². The van der Waals surface area contributed by atoms with Crippen LogP contribution >= 0.6 is 15.9 Å². The predicted octanol–water partition coefficient (Wildman–Crippen LogP) is 2.63. The summed E-state index contributed by atoms with van der Waals surface area (Å²) >= 11 is 3.43. The van der Waals surface area contributed by atoms with Crippen LogP contribution < -0.4 is 0 Å². The first-order chi connectivity index (χ1) is 7.09. The molecule has 0 saturated carbocycles. The van der Waals surface area contributed by atoms with E-state index in [9.17, 15) is 4.79 Å². The van der Waals surface area contributed by atoms with Gasteiger partial charge in [0.1, 0.15) is 0 Å². The Kier molecular flexibility index (Phi) is 2.52. The summed E-state index contributed by atoms with van der Waals surface area (Å²) < 4.78 is 0.978. The minimum atomic E-state index is 0.0185. The third-order valence-electron chi connectivity index (χ3n) is 2.28. The Balaban J connectivity index is 2.55. The van der Waals surface area contributed by atoms with Crippen molar-refractivity contribution in [3.63, 3.8) is 0 Å². The number of benzene rings is 1. The average molecular weight is 267 g/mol. The highest BCUT2D eigenvalue weighted by atomic mass is 79.9. The number of aromatic nitrogens is 1. The molecule has 78 valence electrons. The zero-order valence-electron chi connectivity index (χ0n) is 8.54. The summed E-state index contributed by atoms with van der Waals surface area (Å²) in [5.74, 6) is 0.0185. The fourth-order valence-electron chi connectivity index (χ4n) is 1.48. The van der Waals surface area contributed by atoms with E-state index in [1.54, 1.807) is 19.0 Å². The van der Waals surface area contributed by atoms with Gasteiger partial charge in [-0.2, -0.15) is 0 Å². The highest BCUT2D eigenvalue weighted by molar-refractivity contribution is 9.10. The second-order valence-electron chi connectivity index (χ2n) is 3.60. The molecule has 1 heterocycles. The minimum absolute atomic E-state index is 0.0185. The fraction of sp³-hybridized carbons (Fsp3) is 0.182. The van der Waals surface area contributed by atoms with E-state index in [0.717, 1.165) is 15.4 Å². The highest BCUT2D eigenvalue weighted by Gasteiger charge is 2.09. The smallest absolute Gasteiger partial charge is 0.253 e. The monoisotopic (exact) mass is 266 g/mol. The Morgan fingerprint density at radius 2 is 2.13 bits per heavy atom. The molecule has 0 aliphatic carbocycles. The van der Waals surface area contributed by atoms with Gasteiger partial charge in [0.05, 0.1) is 0 Å². The largest absolute Gasteiger partial charge is 0.360 e. The first kappa shape index (κ1) is 10.2. The molecule has 0 saturated heterocycles. The lowest BCUT2D eigenvalue weighted by Gasteiger charge is -2.09. The summed E-state index contributed by atoms with van der Waals surface area (Å²) in [6.45, 7) is 0. The highest BCUT2D eigenvalue weighted by Crippen LogP contribution is 2.24. The second-order valence-corrected chi connectivity index (χ2v) is 4.45. The first-order valence-electron chi connectivity index (χ1n) is 4.58. The Morgan fingerprint density at radius 1 is 1.40 bits per heavy atom. The van der Waals surface area contributed by atoms with Gasteiger partial charge in [0.15, 0.2) is 0 Å². The Bertz CT molecular complexity index is 516. The van der Waals surface area contributed by atoms with Gasteiger partial charge in [0.2, 0.25) is 0 Å². The molecule has 0 bridgehead atoms. The van der Waals surface area contributed by atoms with Crippen molar-refractivity contribution in [2.45, 2.75) is 0 Å². The molecular formula is C11H11BrN2O. The molecular weight excluding hydrogens is 256 g/mol. The third-order valence-corrected chi connectivity index (χ3v) is 2.94. The fourth-order valence-corrected chi connectivity index (χ4v) is 1.92. The molecule has 0 aliphatic heterocycles. The number of nitrogens with zero attached hydrogens (tertiary/aromatic N) is 1. The van der Waals surface area contributed by atoms with Gasteiger partial charge in [0.25, 0.3) is 5.91 Å². The van der Waals surface area contributed by atoms with E-state index in [1.807, 2.05) is 24.4 Å². The topological polar surface area (TPSA) is 36.1 Å². The molecule has 1 aromatic carbocycles. The van der Waals surface area contributed by atoms with E-state index in [0.29, 0.717) is 5.56 Å². The molecule has 2 rings (SSSR count). The van der Waals surface area contributed by atoms with E-state index in [4.69, 9.17) is 0 Å². The van der Waals surface area contributed by atoms with E-state index in [2.05, 4.69) is 20.9 Å². The van der Waals surface area contributed by atoms with Crippen molar-refractivity contribution in [1.29, 1.82) is 0 Å². The van der Waals surface area contributed by atoms with Gasteiger partial charge in [-0.15, -0.1) is 0 Å². The maximum atomic E-state index is 11.7. The maximum Gasteiger partial charge on any atom is 0.253 e. The van der Waals surface area contributed by atoms with Gasteiger partial charge in [0, 0.05) is 41.2 Å². The summed E-state index contributed by atoms with van der Waals surface area (Å²) in [5.41, 5.74) is 1.73. The average Bonchev–Trinajstić information content (AvgIpc) is 2.59. The number of carbonyl (C=O) groups is 1. The summed E-state index contributed by atoms with van der Waals surface area (Å²) in [5, 5.41) is 1.03. The van der Waals surface area contributed by atoms with Crippen molar-refractivity contribution in [1.82, 2.24) is 9.88 Å². The van der Waals surface area contributed by atoms with E-state index >= 15 is 0 Å². The van der Waals surface area contributed by atoms with Crippen LogP contribution in [-0.4, -0.2) is 29.9 Å². The van der Waals surface area contributed by atoms with Crippen LogP contribution in [0.3, 0.4) is 0 Å². The summed E-state index contributed by atoms with van der Waals surface area (Å²) in [6, 6.07) is 5.63. The molecule has 0 aliphatic rings. The van der Waals surface area contributed by atoms with Crippen molar-refractivity contribution in [3.05, 3.63) is 34.4 Å². The molecule has 15 heavy (non-hydrogen) atoms. The number of fused-ring (bicyclic) bond motifs is 1. The van der Waals surface area contributed by atoms with Crippen LogP contribution in [0.2, 0.25) is 0 Å². The van der Waals surface area contributed by atoms with Crippen molar-refractivity contribution >= 4 is 32.7 Å². The SMILES string of the molecule is CN(C)C(=O)c1ccc2[nH]cc(Br)c2c1. The lowest BCUT2D eigenvalue weighted by molar-refractivity contribution is 0.0828. The van der Waals surface area contributed by atoms with E-state index < -0.39 is 0 Å². The number of amides is 1. The van der Waals surface area contributed by atoms with Crippen molar-refractivity contribution < 1.29 is 4.79 Å². The molecule has 0 unspecified atom stereocenters. The van der Waals surface area contributed by atoms with Crippen LogP contribution in [0.4, 0.5) is 0 Å². The van der Waals surface area contributed by atoms with E-state index in [-0.39, 0.29) is 5.91 Å². The van der Waals surface area contributed by atoms with Crippen LogP contribution in [-0.2, 0) is 0 Å². The van der Waals surface area contributed by atoms with Crippen LogP contribution in [0.1, 0.15) is 10.4 Å². The molecule has 0 spiro atoms. The Morgan fingerprint density at radius 3 is 2.80 bits per heavy atom. The van der Waals surface area contributed by atoms with Crippen LogP contribution in [0.25, 0.3) is 10.9 Å². The molecule has 0 fully saturated rings. The van der Waals surface area contributed by atoms with Crippen LogP contribution in [0.15, 0.2) is 28.9 Å². The number of hydrogen-bond donors (Lipinski definition) is 1. The second kappa shape index (κ2) is 3.70. The van der Waals surface area contributed by atoms with Gasteiger partial charge in [-0.25, -0.2) is 0 Å². The number of carbonyl (C=O) groups excluding carboxylic acids is 1. The van der Waals surface area contributed by atoms with Gasteiger partial charge >= 0.3 is 0 Å². The minimum Gasteiger partial charge on any atom is -0.360 e. The van der Waals surface area contributed by atoms with Gasteiger partial charge in [-0.05, 0) is 34.1 Å². The molecule has 1 aromatic heterocycles. The molecule has 0 radical (unpaired) electrons. The summed E-state index contributed by atoms with van der Waals surface area (Å²) in [7, 11) is 3.50. The van der Waals surface area contributed by atoms with Crippen molar-refractivity contribution in [2.24, 2.45) is 0 Å². The molecule has 1 N–H and O–H groups in total. The van der Waals surface area contributed by atoms with E-state index in [1.165, 1.54) is 0 Å². The Hall–Kier alpha value is -1.29. The standard InChI is InChI=1S/C11H11BrN2O/c1-14(2)11(15)7-3-4-10-8(5-7)9(12)6-13-10/h3-6,13H,1-2H3. The van der Waals surface area contributed by atoms with Crippen LogP contribution in [0, 0.1) is 0 Å². The number of halogens is 1. The number of hydrogen-bond acceptors (Lipinski definition) is 1. The third kappa shape index (κ3) is 1.77. The number of aromatic amines is 1. The summed E-state index contributed by atoms with van der Waals surface area (Å²) in [4.78, 5) is 16.4. The molecule has 4 heteroatoms. The predicted molar refractivity (Wildman–Crippen MR) is 64.0 cm³/mol. The molecule has 0 atom stereocenters. The first-order valence-corrected chi connectivity index (χ1v) is 5.37. The normalized spacial score (nSPS) is 10.6. The number of H-pyrrole nitrogens is 1. The molecule has 3 nitrogen and oxygen atoms in total. The summed E-state index contributed by atoms with van der Waals surface area (Å²) in [6.07, 6.45) is 1.87. The van der Waals surface area contributed by atoms with Crippen LogP contribution in [0.5, 0.6) is 0 Å². The maximum absolute atomic E-state index is 11.7. The van der Waals surface area contributed by atoms with Crippen molar-refractivity contribution in [3.8, 4) is 0 Å². The zero-order chi connectivity index (χ0) is 11.0.